The molecule has 0 aliphatic heterocycles. The molecule has 5 atom stereocenters. The quantitative estimate of drug-likeness (QED) is 0.593. The number of aliphatic hydroxyl groups excluding tert-OH is 1. The number of hydrogen-bond acceptors (Lipinski definition) is 3. The summed E-state index contributed by atoms with van der Waals surface area (Å²) in [6, 6.07) is 0. The topological polar surface area (TPSA) is 68.7 Å². The van der Waals surface area contributed by atoms with Gasteiger partial charge >= 0.3 is 0 Å². The van der Waals surface area contributed by atoms with Crippen LogP contribution in [-0.2, 0) is 9.47 Å². The van der Waals surface area contributed by atoms with Gasteiger partial charge in [0.2, 0.25) is 0 Å². The molecule has 0 aromatic rings. The molecule has 0 bridgehead atoms. The molecule has 1 radical (unpaired) electrons. The predicted octanol–water partition coefficient (Wildman–Crippen LogP) is 3.88. The van der Waals surface area contributed by atoms with Gasteiger partial charge in [0.15, 0.2) is 5.79 Å². The van der Waals surface area contributed by atoms with Crippen LogP contribution in [0.2, 0.25) is 0 Å². The van der Waals surface area contributed by atoms with Gasteiger partial charge in [0, 0.05) is 27.1 Å². The van der Waals surface area contributed by atoms with Gasteiger partial charge in [-0.3, -0.25) is 5.48 Å². The molecule has 0 heterocycles. The normalized spacial score (nSPS) is 43.5. The molecule has 4 aliphatic carbocycles. The highest BCUT2D eigenvalue weighted by atomic mass is 16.7. The molecule has 0 aromatic heterocycles. The van der Waals surface area contributed by atoms with E-state index in [0.717, 1.165) is 43.4 Å². The fraction of sp³-hybridized carbons (Fsp3) is 0.900. The summed E-state index contributed by atoms with van der Waals surface area (Å²) in [4.78, 5) is 0. The highest BCUT2D eigenvalue weighted by molar-refractivity contribution is 5.28. The first-order chi connectivity index (χ1) is 11.0. The van der Waals surface area contributed by atoms with Gasteiger partial charge in [-0.2, -0.15) is 0 Å². The lowest BCUT2D eigenvalue weighted by Gasteiger charge is -2.52. The Balaban J connectivity index is 0.00000169. The number of ether oxygens (including phenoxy) is 2. The number of allylic oxidation sites excluding steroid dienone is 1. The average Bonchev–Trinajstić information content (AvgIpc) is 2.89. The third-order valence-corrected chi connectivity index (χ3v) is 8.07. The summed E-state index contributed by atoms with van der Waals surface area (Å²) in [5.74, 6) is 1.94. The first kappa shape index (κ1) is 18.4. The molecule has 2 saturated carbocycles. The van der Waals surface area contributed by atoms with Gasteiger partial charge in [-0.15, -0.1) is 0 Å². The van der Waals surface area contributed by atoms with E-state index in [1.165, 1.54) is 32.1 Å². The Bertz CT molecular complexity index is 510. The van der Waals surface area contributed by atoms with Crippen molar-refractivity contribution in [3.63, 3.8) is 0 Å². The van der Waals surface area contributed by atoms with Crippen molar-refractivity contribution in [3.8, 4) is 0 Å². The van der Waals surface area contributed by atoms with Crippen LogP contribution in [0.25, 0.3) is 0 Å². The summed E-state index contributed by atoms with van der Waals surface area (Å²) < 4.78 is 11.4. The standard InChI is InChI=1S/C20H32O3.HO/c1-19-10-8-15-14-9-11-20(22-2,23-3)12-13(14)4-5-16(15)17(19)6-7-18(19)21;/h15-18,21H,4-12H2,1-3H3;1H/t15-,16-,17+,18?,19+;/m1./s1. The lowest BCUT2D eigenvalue weighted by Crippen LogP contribution is -2.46. The zero-order valence-corrected chi connectivity index (χ0v) is 15.4. The summed E-state index contributed by atoms with van der Waals surface area (Å²) in [5.41, 5.74) is 3.56. The monoisotopic (exact) mass is 337 g/mol. The predicted molar refractivity (Wildman–Crippen MR) is 91.8 cm³/mol. The molecule has 4 nitrogen and oxygen atoms in total. The molecular weight excluding hydrogens is 304 g/mol. The zero-order chi connectivity index (χ0) is 16.2. The number of rotatable bonds is 2. The Morgan fingerprint density at radius 2 is 1.75 bits per heavy atom. The van der Waals surface area contributed by atoms with Crippen molar-refractivity contribution in [1.82, 2.24) is 0 Å². The minimum atomic E-state index is -0.377. The number of aliphatic hydroxyl groups is 1. The van der Waals surface area contributed by atoms with E-state index in [-0.39, 0.29) is 22.8 Å². The molecule has 4 rings (SSSR count). The first-order valence-electron chi connectivity index (χ1n) is 9.52. The summed E-state index contributed by atoms with van der Waals surface area (Å²) >= 11 is 0. The third kappa shape index (κ3) is 2.49. The largest absolute Gasteiger partial charge is 0.393 e. The van der Waals surface area contributed by atoms with Crippen LogP contribution in [0, 0.1) is 23.2 Å². The SMILES string of the molecule is COC1(OC)CCC2=C(CC[C@@H]3[C@@H]2CC[C@]2(C)C(O)CC[C@@H]32)C1.[OH]. The minimum Gasteiger partial charge on any atom is -0.393 e. The van der Waals surface area contributed by atoms with Gasteiger partial charge in [-0.25, -0.2) is 0 Å². The van der Waals surface area contributed by atoms with E-state index in [0.29, 0.717) is 0 Å². The van der Waals surface area contributed by atoms with Crippen LogP contribution >= 0.6 is 0 Å². The zero-order valence-electron chi connectivity index (χ0n) is 15.4. The van der Waals surface area contributed by atoms with E-state index in [1.54, 1.807) is 25.4 Å². The van der Waals surface area contributed by atoms with E-state index in [9.17, 15) is 5.11 Å². The van der Waals surface area contributed by atoms with Crippen LogP contribution in [0.1, 0.15) is 64.7 Å². The molecule has 0 aromatic carbocycles. The van der Waals surface area contributed by atoms with Crippen LogP contribution in [-0.4, -0.2) is 36.7 Å². The van der Waals surface area contributed by atoms with Crippen LogP contribution in [0.4, 0.5) is 0 Å². The van der Waals surface area contributed by atoms with Crippen molar-refractivity contribution in [2.24, 2.45) is 23.2 Å². The van der Waals surface area contributed by atoms with Crippen molar-refractivity contribution in [1.29, 1.82) is 0 Å². The first-order valence-corrected chi connectivity index (χ1v) is 9.52. The maximum atomic E-state index is 10.5. The van der Waals surface area contributed by atoms with E-state index in [2.05, 4.69) is 6.92 Å². The Kier molecular flexibility index (Phi) is 4.89. The smallest absolute Gasteiger partial charge is 0.171 e. The molecule has 4 heteroatoms. The van der Waals surface area contributed by atoms with Gasteiger partial charge < -0.3 is 14.6 Å². The van der Waals surface area contributed by atoms with E-state index >= 15 is 0 Å². The fourth-order valence-electron chi connectivity index (χ4n) is 6.59. The summed E-state index contributed by atoms with van der Waals surface area (Å²) in [6.07, 6.45) is 10.3. The highest BCUT2D eigenvalue weighted by Gasteiger charge is 2.55. The highest BCUT2D eigenvalue weighted by Crippen LogP contribution is 2.61. The Hall–Kier alpha value is -0.420. The van der Waals surface area contributed by atoms with Gasteiger partial charge in [0.25, 0.3) is 0 Å². The van der Waals surface area contributed by atoms with Gasteiger partial charge in [-0.05, 0) is 68.1 Å². The molecule has 0 saturated heterocycles. The van der Waals surface area contributed by atoms with Crippen molar-refractivity contribution in [2.45, 2.75) is 76.6 Å². The summed E-state index contributed by atoms with van der Waals surface area (Å²) in [7, 11) is 3.57. The Labute approximate surface area is 145 Å². The summed E-state index contributed by atoms with van der Waals surface area (Å²) in [6.45, 7) is 2.36. The van der Waals surface area contributed by atoms with Gasteiger partial charge in [-0.1, -0.05) is 18.1 Å². The van der Waals surface area contributed by atoms with E-state index < -0.39 is 0 Å². The molecule has 0 amide bonds. The minimum absolute atomic E-state index is 0. The molecule has 24 heavy (non-hydrogen) atoms. The molecule has 2 fully saturated rings. The van der Waals surface area contributed by atoms with E-state index in [4.69, 9.17) is 9.47 Å². The second-order valence-corrected chi connectivity index (χ2v) is 8.68. The molecule has 137 valence electrons. The average molecular weight is 337 g/mol. The second kappa shape index (κ2) is 6.39. The van der Waals surface area contributed by atoms with Crippen LogP contribution < -0.4 is 0 Å². The van der Waals surface area contributed by atoms with Crippen LogP contribution in [0.5, 0.6) is 0 Å². The fourth-order valence-corrected chi connectivity index (χ4v) is 6.59. The molecular formula is C20H33O4. The number of hydrogen-bond donors (Lipinski definition) is 2. The molecule has 4 aliphatic rings. The van der Waals surface area contributed by atoms with Gasteiger partial charge in [0.1, 0.15) is 0 Å². The molecule has 0 spiro atoms. The number of methoxy groups -OCH3 is 2. The lowest BCUT2D eigenvalue weighted by atomic mass is 9.54. The van der Waals surface area contributed by atoms with Crippen molar-refractivity contribution in [3.05, 3.63) is 11.1 Å². The van der Waals surface area contributed by atoms with Crippen molar-refractivity contribution >= 4 is 0 Å². The Morgan fingerprint density at radius 3 is 2.46 bits per heavy atom. The van der Waals surface area contributed by atoms with Crippen molar-refractivity contribution < 1.29 is 20.1 Å². The van der Waals surface area contributed by atoms with E-state index in [1.807, 2.05) is 0 Å². The third-order valence-electron chi connectivity index (χ3n) is 8.07. The van der Waals surface area contributed by atoms with Crippen LogP contribution in [0.15, 0.2) is 11.1 Å². The van der Waals surface area contributed by atoms with Crippen molar-refractivity contribution in [2.75, 3.05) is 14.2 Å². The summed E-state index contributed by atoms with van der Waals surface area (Å²) in [5, 5.41) is 10.5. The number of fused-ring (bicyclic) bond motifs is 4. The maximum absolute atomic E-state index is 10.5. The molecule has 1 unspecified atom stereocenters. The second-order valence-electron chi connectivity index (χ2n) is 8.68. The lowest BCUT2D eigenvalue weighted by molar-refractivity contribution is -0.213. The van der Waals surface area contributed by atoms with Crippen LogP contribution in [0.3, 0.4) is 0 Å². The van der Waals surface area contributed by atoms with Gasteiger partial charge in [0.05, 0.1) is 6.10 Å². The maximum Gasteiger partial charge on any atom is 0.171 e. The Morgan fingerprint density at radius 1 is 1.00 bits per heavy atom. The molecule has 2 N–H and O–H groups in total.